The van der Waals surface area contributed by atoms with E-state index >= 15 is 0 Å². The fraction of sp³-hybridized carbons (Fsp3) is 0.611. The summed E-state index contributed by atoms with van der Waals surface area (Å²) >= 11 is 0. The number of esters is 1. The number of unbranched alkanes of at least 4 members (excludes halogenated alkanes) is 2. The van der Waals surface area contributed by atoms with Gasteiger partial charge in [0.05, 0.1) is 13.0 Å². The minimum atomic E-state index is -0.113. The van der Waals surface area contributed by atoms with Crippen molar-refractivity contribution in [2.24, 2.45) is 0 Å². The number of ether oxygens (including phenoxy) is 1. The largest absolute Gasteiger partial charge is 0.466 e. The average Bonchev–Trinajstić information content (AvgIpc) is 2.46. The molecule has 0 spiro atoms. The third kappa shape index (κ3) is 7.86. The molecule has 3 nitrogen and oxygen atoms in total. The molecule has 0 amide bonds. The maximum absolute atomic E-state index is 11.7. The van der Waals surface area contributed by atoms with Gasteiger partial charge in [-0.15, -0.1) is 0 Å². The summed E-state index contributed by atoms with van der Waals surface area (Å²) in [4.78, 5) is 11.7. The number of hydrogen-bond donors (Lipinski definition) is 1. The van der Waals surface area contributed by atoms with Crippen LogP contribution in [0.25, 0.3) is 0 Å². The summed E-state index contributed by atoms with van der Waals surface area (Å²) in [6, 6.07) is 8.67. The van der Waals surface area contributed by atoms with Gasteiger partial charge in [-0.3, -0.25) is 4.79 Å². The molecule has 1 rings (SSSR count). The zero-order chi connectivity index (χ0) is 15.5. The number of nitrogens with one attached hydrogen (secondary N) is 1. The van der Waals surface area contributed by atoms with Crippen LogP contribution < -0.4 is 5.32 Å². The molecule has 1 atom stereocenters. The minimum absolute atomic E-state index is 0.113. The second-order valence-corrected chi connectivity index (χ2v) is 5.56. The van der Waals surface area contributed by atoms with Crippen molar-refractivity contribution < 1.29 is 9.53 Å². The molecule has 1 N–H and O–H groups in total. The lowest BCUT2D eigenvalue weighted by molar-refractivity contribution is -0.143. The van der Waals surface area contributed by atoms with Gasteiger partial charge in [0.25, 0.3) is 0 Å². The van der Waals surface area contributed by atoms with Crippen molar-refractivity contribution in [3.8, 4) is 0 Å². The molecule has 1 aromatic rings. The highest BCUT2D eigenvalue weighted by Crippen LogP contribution is 2.09. The van der Waals surface area contributed by atoms with E-state index in [1.807, 2.05) is 6.92 Å². The Balaban J connectivity index is 2.53. The summed E-state index contributed by atoms with van der Waals surface area (Å²) in [6.45, 7) is 7.54. The molecule has 0 heterocycles. The first-order valence-corrected chi connectivity index (χ1v) is 8.10. The first kappa shape index (κ1) is 17.7. The number of rotatable bonds is 10. The molecule has 0 bridgehead atoms. The molecule has 0 aromatic heterocycles. The molecule has 21 heavy (non-hydrogen) atoms. The first-order chi connectivity index (χ1) is 10.2. The lowest BCUT2D eigenvalue weighted by Crippen LogP contribution is -2.34. The van der Waals surface area contributed by atoms with Gasteiger partial charge in [0.15, 0.2) is 0 Å². The second kappa shape index (κ2) is 10.4. The number of benzene rings is 1. The number of carbonyl (C=O) groups excluding carboxylic acids is 1. The van der Waals surface area contributed by atoms with Gasteiger partial charge in [-0.05, 0) is 38.8 Å². The second-order valence-electron chi connectivity index (χ2n) is 5.56. The zero-order valence-corrected chi connectivity index (χ0v) is 13.7. The molecule has 0 aliphatic heterocycles. The van der Waals surface area contributed by atoms with E-state index in [2.05, 4.69) is 43.4 Å². The van der Waals surface area contributed by atoms with Gasteiger partial charge in [0, 0.05) is 6.04 Å². The first-order valence-electron chi connectivity index (χ1n) is 8.10. The van der Waals surface area contributed by atoms with Crippen LogP contribution in [0.4, 0.5) is 0 Å². The minimum Gasteiger partial charge on any atom is -0.466 e. The Morgan fingerprint density at radius 3 is 2.52 bits per heavy atom. The predicted molar refractivity (Wildman–Crippen MR) is 87.4 cm³/mol. The standard InChI is InChI=1S/C18H29NO2/c1-4-6-7-12-19-17(14-18(20)21-5-2)13-16-10-8-15(3)9-11-16/h8-11,17,19H,4-7,12-14H2,1-3H3. The summed E-state index contributed by atoms with van der Waals surface area (Å²) in [7, 11) is 0. The molecule has 0 saturated carbocycles. The van der Waals surface area contributed by atoms with E-state index in [1.54, 1.807) is 0 Å². The third-order valence-electron chi connectivity index (χ3n) is 3.53. The molecule has 3 heteroatoms. The molecule has 0 saturated heterocycles. The van der Waals surface area contributed by atoms with Crippen molar-refractivity contribution in [1.29, 1.82) is 0 Å². The Hall–Kier alpha value is -1.35. The van der Waals surface area contributed by atoms with Crippen LogP contribution in [0.15, 0.2) is 24.3 Å². The van der Waals surface area contributed by atoms with Crippen molar-refractivity contribution in [2.45, 2.75) is 58.9 Å². The van der Waals surface area contributed by atoms with Crippen molar-refractivity contribution in [3.05, 3.63) is 35.4 Å². The monoisotopic (exact) mass is 291 g/mol. The van der Waals surface area contributed by atoms with Crippen LogP contribution in [0.2, 0.25) is 0 Å². The van der Waals surface area contributed by atoms with Crippen LogP contribution in [0.3, 0.4) is 0 Å². The molecule has 118 valence electrons. The van der Waals surface area contributed by atoms with Gasteiger partial charge in [-0.2, -0.15) is 0 Å². The van der Waals surface area contributed by atoms with Gasteiger partial charge < -0.3 is 10.1 Å². The third-order valence-corrected chi connectivity index (χ3v) is 3.53. The summed E-state index contributed by atoms with van der Waals surface area (Å²) in [6.07, 6.45) is 4.90. The maximum Gasteiger partial charge on any atom is 0.307 e. The van der Waals surface area contributed by atoms with Gasteiger partial charge in [0.1, 0.15) is 0 Å². The van der Waals surface area contributed by atoms with Crippen molar-refractivity contribution in [1.82, 2.24) is 5.32 Å². The number of carbonyl (C=O) groups is 1. The van der Waals surface area contributed by atoms with Crippen molar-refractivity contribution in [2.75, 3.05) is 13.2 Å². The SMILES string of the molecule is CCCCCNC(CC(=O)OCC)Cc1ccc(C)cc1. The lowest BCUT2D eigenvalue weighted by Gasteiger charge is -2.18. The quantitative estimate of drug-likeness (QED) is 0.528. The molecular weight excluding hydrogens is 262 g/mol. The van der Waals surface area contributed by atoms with E-state index in [9.17, 15) is 4.79 Å². The smallest absolute Gasteiger partial charge is 0.307 e. The highest BCUT2D eigenvalue weighted by Gasteiger charge is 2.14. The number of hydrogen-bond acceptors (Lipinski definition) is 3. The van der Waals surface area contributed by atoms with Crippen molar-refractivity contribution >= 4 is 5.97 Å². The Bertz CT molecular complexity index is 400. The van der Waals surface area contributed by atoms with Gasteiger partial charge >= 0.3 is 5.97 Å². The molecule has 0 radical (unpaired) electrons. The van der Waals surface area contributed by atoms with Crippen LogP contribution in [0, 0.1) is 6.92 Å². The van der Waals surface area contributed by atoms with Crippen LogP contribution >= 0.6 is 0 Å². The molecule has 1 aromatic carbocycles. The van der Waals surface area contributed by atoms with Gasteiger partial charge in [-0.1, -0.05) is 49.6 Å². The van der Waals surface area contributed by atoms with E-state index in [0.717, 1.165) is 19.4 Å². The molecule has 0 aliphatic carbocycles. The van der Waals surface area contributed by atoms with Crippen LogP contribution in [0.1, 0.15) is 50.7 Å². The Kier molecular flexibility index (Phi) is 8.76. The van der Waals surface area contributed by atoms with Crippen molar-refractivity contribution in [3.63, 3.8) is 0 Å². The van der Waals surface area contributed by atoms with Gasteiger partial charge in [0.2, 0.25) is 0 Å². The Morgan fingerprint density at radius 2 is 1.90 bits per heavy atom. The van der Waals surface area contributed by atoms with E-state index < -0.39 is 0 Å². The zero-order valence-electron chi connectivity index (χ0n) is 13.7. The van der Waals surface area contributed by atoms with E-state index in [-0.39, 0.29) is 12.0 Å². The van der Waals surface area contributed by atoms with Gasteiger partial charge in [-0.25, -0.2) is 0 Å². The normalized spacial score (nSPS) is 12.1. The highest BCUT2D eigenvalue weighted by atomic mass is 16.5. The van der Waals surface area contributed by atoms with Crippen LogP contribution in [-0.2, 0) is 16.0 Å². The summed E-state index contributed by atoms with van der Waals surface area (Å²) in [5, 5.41) is 3.51. The topological polar surface area (TPSA) is 38.3 Å². The lowest BCUT2D eigenvalue weighted by atomic mass is 10.0. The molecule has 0 aliphatic rings. The maximum atomic E-state index is 11.7. The molecule has 0 fully saturated rings. The Labute approximate surface area is 129 Å². The van der Waals surface area contributed by atoms with Crippen LogP contribution in [-0.4, -0.2) is 25.2 Å². The van der Waals surface area contributed by atoms with Crippen LogP contribution in [0.5, 0.6) is 0 Å². The predicted octanol–water partition coefficient (Wildman–Crippen LogP) is 3.64. The highest BCUT2D eigenvalue weighted by molar-refractivity contribution is 5.70. The summed E-state index contributed by atoms with van der Waals surface area (Å²) < 4.78 is 5.08. The molecule has 1 unspecified atom stereocenters. The summed E-state index contributed by atoms with van der Waals surface area (Å²) in [5.74, 6) is -0.113. The molecular formula is C18H29NO2. The fourth-order valence-electron chi connectivity index (χ4n) is 2.33. The fourth-order valence-corrected chi connectivity index (χ4v) is 2.33. The Morgan fingerprint density at radius 1 is 1.19 bits per heavy atom. The number of aryl methyl sites for hydroxylation is 1. The van der Waals surface area contributed by atoms with E-state index in [1.165, 1.54) is 24.0 Å². The van der Waals surface area contributed by atoms with E-state index in [0.29, 0.717) is 13.0 Å². The average molecular weight is 291 g/mol. The van der Waals surface area contributed by atoms with E-state index in [4.69, 9.17) is 4.74 Å². The summed E-state index contributed by atoms with van der Waals surface area (Å²) in [5.41, 5.74) is 2.52.